The molecule has 0 unspecified atom stereocenters. The Morgan fingerprint density at radius 3 is 2.00 bits per heavy atom. The third kappa shape index (κ3) is 3.81. The van der Waals surface area contributed by atoms with Crippen molar-refractivity contribution >= 4 is 17.9 Å². The summed E-state index contributed by atoms with van der Waals surface area (Å²) in [5, 5.41) is 30.2. The first-order chi connectivity index (χ1) is 20.4. The van der Waals surface area contributed by atoms with E-state index in [1.165, 1.54) is 5.57 Å². The average molecular weight is 607 g/mol. The molecule has 0 aliphatic heterocycles. The van der Waals surface area contributed by atoms with Gasteiger partial charge in [-0.25, -0.2) is 0 Å². The molecule has 4 saturated carbocycles. The normalized spacial score (nSPS) is 45.4. The van der Waals surface area contributed by atoms with Crippen LogP contribution in [0, 0.1) is 62.1 Å². The monoisotopic (exact) mass is 606 g/mol. The summed E-state index contributed by atoms with van der Waals surface area (Å²) in [5.41, 5.74) is 1.50. The third-order valence-electron chi connectivity index (χ3n) is 15.8. The lowest BCUT2D eigenvalue weighted by atomic mass is 9.32. The second kappa shape index (κ2) is 9.82. The van der Waals surface area contributed by atoms with Gasteiger partial charge in [0.05, 0.1) is 5.41 Å². The molecule has 0 amide bonds. The lowest BCUT2D eigenvalue weighted by Crippen LogP contribution is -2.66. The van der Waals surface area contributed by atoms with Crippen molar-refractivity contribution in [2.45, 2.75) is 119 Å². The van der Waals surface area contributed by atoms with Crippen LogP contribution >= 0.6 is 0 Å². The highest BCUT2D eigenvalue weighted by atomic mass is 16.4. The second-order valence-electron chi connectivity index (χ2n) is 17.3. The summed E-state index contributed by atoms with van der Waals surface area (Å²) in [5.74, 6) is -1.17. The van der Waals surface area contributed by atoms with Crippen LogP contribution in [0.15, 0.2) is 35.5 Å². The van der Waals surface area contributed by atoms with Crippen LogP contribution in [0.5, 0.6) is 0 Å². The average Bonchev–Trinajstić information content (AvgIpc) is 3.35. The Morgan fingerprint density at radius 1 is 0.750 bits per heavy atom. The van der Waals surface area contributed by atoms with E-state index in [4.69, 9.17) is 0 Å². The molecule has 6 nitrogen and oxygen atoms in total. The third-order valence-corrected chi connectivity index (χ3v) is 15.8. The molecule has 6 aliphatic rings. The van der Waals surface area contributed by atoms with Crippen LogP contribution < -0.4 is 0 Å². The summed E-state index contributed by atoms with van der Waals surface area (Å²) in [7, 11) is 0. The van der Waals surface area contributed by atoms with Gasteiger partial charge in [-0.3, -0.25) is 14.4 Å². The maximum atomic E-state index is 12.9. The fourth-order valence-electron chi connectivity index (χ4n) is 13.2. The van der Waals surface area contributed by atoms with Crippen molar-refractivity contribution in [2.75, 3.05) is 0 Å². The molecule has 0 aromatic rings. The molecule has 3 N–H and O–H groups in total. The molecule has 0 aromatic heterocycles. The van der Waals surface area contributed by atoms with E-state index in [0.717, 1.165) is 68.9 Å². The van der Waals surface area contributed by atoms with Gasteiger partial charge >= 0.3 is 17.9 Å². The van der Waals surface area contributed by atoms with Gasteiger partial charge in [-0.15, -0.1) is 0 Å². The first-order valence-corrected chi connectivity index (χ1v) is 17.2. The summed E-state index contributed by atoms with van der Waals surface area (Å²) in [4.78, 5) is 36.8. The van der Waals surface area contributed by atoms with Crippen LogP contribution in [0.2, 0.25) is 0 Å². The van der Waals surface area contributed by atoms with Gasteiger partial charge in [-0.1, -0.05) is 58.9 Å². The highest BCUT2D eigenvalue weighted by Gasteiger charge is 2.71. The fraction of sp³-hybridized carbons (Fsp3) is 0.763. The predicted octanol–water partition coefficient (Wildman–Crippen LogP) is 8.53. The van der Waals surface area contributed by atoms with Crippen LogP contribution in [-0.4, -0.2) is 33.2 Å². The van der Waals surface area contributed by atoms with E-state index in [-0.39, 0.29) is 40.4 Å². The van der Waals surface area contributed by atoms with Crippen LogP contribution in [0.4, 0.5) is 0 Å². The van der Waals surface area contributed by atoms with Crippen molar-refractivity contribution in [1.82, 2.24) is 0 Å². The first-order valence-electron chi connectivity index (χ1n) is 17.2. The Morgan fingerprint density at radius 2 is 1.43 bits per heavy atom. The molecule has 44 heavy (non-hydrogen) atoms. The second-order valence-corrected chi connectivity index (χ2v) is 17.3. The molecule has 0 radical (unpaired) electrons. The van der Waals surface area contributed by atoms with E-state index < -0.39 is 28.7 Å². The summed E-state index contributed by atoms with van der Waals surface area (Å²) < 4.78 is 0. The Balaban J connectivity index is 1.34. The molecule has 0 spiro atoms. The summed E-state index contributed by atoms with van der Waals surface area (Å²) in [6.45, 7) is 18.9. The molecule has 0 bridgehead atoms. The number of aliphatic carboxylic acids is 3. The number of allylic oxidation sites excluding steroid dienone is 5. The fourth-order valence-corrected chi connectivity index (χ4v) is 13.2. The lowest BCUT2D eigenvalue weighted by molar-refractivity contribution is -0.229. The van der Waals surface area contributed by atoms with E-state index in [0.29, 0.717) is 30.1 Å². The number of fused-ring (bicyclic) bond motifs is 7. The molecular formula is C38H54O6. The van der Waals surface area contributed by atoms with Crippen molar-refractivity contribution in [3.63, 3.8) is 0 Å². The summed E-state index contributed by atoms with van der Waals surface area (Å²) >= 11 is 0. The highest BCUT2D eigenvalue weighted by molar-refractivity contribution is 5.98. The molecule has 0 saturated heterocycles. The van der Waals surface area contributed by atoms with Crippen molar-refractivity contribution in [1.29, 1.82) is 0 Å². The quantitative estimate of drug-likeness (QED) is 0.214. The maximum Gasteiger partial charge on any atom is 0.321 e. The van der Waals surface area contributed by atoms with Gasteiger partial charge in [-0.05, 0) is 146 Å². The number of carbonyl (C=O) groups is 3. The Kier molecular flexibility index (Phi) is 7.05. The number of carboxylic acid groups (broad SMARTS) is 3. The van der Waals surface area contributed by atoms with Crippen molar-refractivity contribution in [3.05, 3.63) is 35.5 Å². The van der Waals surface area contributed by atoms with E-state index in [9.17, 15) is 29.7 Å². The number of carboxylic acids is 3. The van der Waals surface area contributed by atoms with Crippen LogP contribution in [-0.2, 0) is 14.4 Å². The molecule has 9 atom stereocenters. The Hall–Kier alpha value is -2.37. The van der Waals surface area contributed by atoms with E-state index in [2.05, 4.69) is 54.2 Å². The van der Waals surface area contributed by atoms with E-state index in [1.54, 1.807) is 0 Å². The van der Waals surface area contributed by atoms with Gasteiger partial charge in [-0.2, -0.15) is 0 Å². The molecule has 0 heterocycles. The van der Waals surface area contributed by atoms with Gasteiger partial charge in [0.25, 0.3) is 0 Å². The molecular weight excluding hydrogens is 552 g/mol. The van der Waals surface area contributed by atoms with E-state index in [1.807, 2.05) is 6.08 Å². The summed E-state index contributed by atoms with van der Waals surface area (Å²) in [6, 6.07) is 0. The molecule has 4 fully saturated rings. The topological polar surface area (TPSA) is 112 Å². The van der Waals surface area contributed by atoms with Crippen molar-refractivity contribution in [2.24, 2.45) is 62.1 Å². The van der Waals surface area contributed by atoms with E-state index >= 15 is 0 Å². The molecule has 6 rings (SSSR count). The molecule has 6 heteroatoms. The SMILES string of the molecule is C=C(C)[C@@H]1CC[C@]2(C(=O)O)CC[C@]3(C)[C@H](CC[C@@H]4[C@@]5(C)CC=C(C6=CCC(C(=O)O)(C(=O)O)CC6)C(C)(C)[C@@H]5CC[C@]43C)[C@@H]12. The molecule has 242 valence electrons. The van der Waals surface area contributed by atoms with Gasteiger partial charge in [0, 0.05) is 0 Å². The highest BCUT2D eigenvalue weighted by Crippen LogP contribution is 2.77. The first kappa shape index (κ1) is 31.6. The van der Waals surface area contributed by atoms with Crippen LogP contribution in [0.3, 0.4) is 0 Å². The number of hydrogen-bond acceptors (Lipinski definition) is 3. The largest absolute Gasteiger partial charge is 0.481 e. The van der Waals surface area contributed by atoms with Crippen molar-refractivity contribution in [3.8, 4) is 0 Å². The molecule has 0 aromatic carbocycles. The lowest BCUT2D eigenvalue weighted by Gasteiger charge is -2.72. The number of hydrogen-bond donors (Lipinski definition) is 3. The van der Waals surface area contributed by atoms with Gasteiger partial charge in [0.1, 0.15) is 0 Å². The van der Waals surface area contributed by atoms with Crippen LogP contribution in [0.25, 0.3) is 0 Å². The smallest absolute Gasteiger partial charge is 0.321 e. The predicted molar refractivity (Wildman–Crippen MR) is 170 cm³/mol. The Labute approximate surface area is 263 Å². The zero-order valence-electron chi connectivity index (χ0n) is 27.8. The standard InChI is InChI=1S/C38H54O6/c1-22(2)24-12-19-37(30(39)40)21-20-35(6)26(29(24)37)8-9-28-34(5)15-13-25(33(3,4)27(34)14-16-36(28,35)7)23-10-17-38(18-11-23,31(41)42)32(43)44/h10,13,24,26-29H,1,8-9,11-12,14-21H2,2-7H3,(H,39,40)(H,41,42)(H,43,44)/t24-,26+,27-,28+,29+,34-,35+,36+,37-/m0/s1. The summed E-state index contributed by atoms with van der Waals surface area (Å²) in [6.07, 6.45) is 14.0. The maximum absolute atomic E-state index is 12.9. The zero-order chi connectivity index (χ0) is 32.3. The molecule has 6 aliphatic carbocycles. The minimum absolute atomic E-state index is 0.0347. The van der Waals surface area contributed by atoms with Gasteiger partial charge in [0.2, 0.25) is 0 Å². The van der Waals surface area contributed by atoms with Gasteiger partial charge < -0.3 is 15.3 Å². The minimum atomic E-state index is -1.72. The minimum Gasteiger partial charge on any atom is -0.481 e. The van der Waals surface area contributed by atoms with Gasteiger partial charge in [0.15, 0.2) is 5.41 Å². The Bertz CT molecular complexity index is 1350. The zero-order valence-corrected chi connectivity index (χ0v) is 27.8. The van der Waals surface area contributed by atoms with Crippen molar-refractivity contribution < 1.29 is 29.7 Å². The number of rotatable bonds is 5. The van der Waals surface area contributed by atoms with Crippen LogP contribution in [0.1, 0.15) is 119 Å².